The molecule has 47 heavy (non-hydrogen) atoms. The van der Waals surface area contributed by atoms with Gasteiger partial charge in [-0.15, -0.1) is 0 Å². The molecule has 10 nitrogen and oxygen atoms in total. The van der Waals surface area contributed by atoms with Gasteiger partial charge in [-0.1, -0.05) is 75.4 Å². The fraction of sp³-hybridized carbons (Fsp3) is 0.351. The Morgan fingerprint density at radius 1 is 0.915 bits per heavy atom. The SMILES string of the molecule is Cn1nc(C(C)(C)C)cc1C(=O)N(CCC(=O)O)Cc1cccc(-c2ccc(N3CCOCC3)c(NC(=O)Cc3ccccc3)c2)c1. The smallest absolute Gasteiger partial charge is 0.305 e. The third-order valence-electron chi connectivity index (χ3n) is 8.21. The summed E-state index contributed by atoms with van der Waals surface area (Å²) in [6.07, 6.45) is 0.0850. The third kappa shape index (κ3) is 8.65. The second kappa shape index (κ2) is 14.6. The lowest BCUT2D eigenvalue weighted by Gasteiger charge is -2.31. The molecule has 1 aliphatic heterocycles. The van der Waals surface area contributed by atoms with E-state index in [1.807, 2.05) is 93.6 Å². The van der Waals surface area contributed by atoms with E-state index in [1.54, 1.807) is 22.7 Å². The lowest BCUT2D eigenvalue weighted by atomic mass is 9.92. The number of ether oxygens (including phenoxy) is 1. The summed E-state index contributed by atoms with van der Waals surface area (Å²) in [7, 11) is 1.73. The average Bonchev–Trinajstić information content (AvgIpc) is 3.46. The average molecular weight is 638 g/mol. The van der Waals surface area contributed by atoms with Gasteiger partial charge in [-0.2, -0.15) is 5.10 Å². The number of hydrogen-bond acceptors (Lipinski definition) is 6. The normalized spacial score (nSPS) is 13.3. The molecule has 0 aliphatic carbocycles. The number of anilines is 2. The van der Waals surface area contributed by atoms with E-state index >= 15 is 0 Å². The maximum Gasteiger partial charge on any atom is 0.305 e. The predicted octanol–water partition coefficient (Wildman–Crippen LogP) is 5.52. The zero-order valence-corrected chi connectivity index (χ0v) is 27.5. The maximum atomic E-state index is 13.8. The summed E-state index contributed by atoms with van der Waals surface area (Å²) in [5.41, 5.74) is 6.22. The van der Waals surface area contributed by atoms with Crippen molar-refractivity contribution in [2.24, 2.45) is 7.05 Å². The number of carbonyl (C=O) groups excluding carboxylic acids is 2. The molecule has 0 spiro atoms. The van der Waals surface area contributed by atoms with Gasteiger partial charge in [0.15, 0.2) is 0 Å². The number of nitrogens with zero attached hydrogens (tertiary/aromatic N) is 4. The predicted molar refractivity (Wildman–Crippen MR) is 183 cm³/mol. The Labute approximate surface area is 276 Å². The molecule has 2 N–H and O–H groups in total. The monoisotopic (exact) mass is 637 g/mol. The lowest BCUT2D eigenvalue weighted by Crippen LogP contribution is -2.36. The van der Waals surface area contributed by atoms with Crippen LogP contribution in [-0.2, 0) is 39.8 Å². The Kier molecular flexibility index (Phi) is 10.4. The molecule has 2 heterocycles. The highest BCUT2D eigenvalue weighted by molar-refractivity contribution is 5.97. The van der Waals surface area contributed by atoms with Gasteiger partial charge in [0.25, 0.3) is 5.91 Å². The molecule has 2 amide bonds. The van der Waals surface area contributed by atoms with E-state index < -0.39 is 5.97 Å². The first kappa shape index (κ1) is 33.4. The number of nitrogens with one attached hydrogen (secondary N) is 1. The maximum absolute atomic E-state index is 13.8. The molecule has 5 rings (SSSR count). The number of carbonyl (C=O) groups is 3. The summed E-state index contributed by atoms with van der Waals surface area (Å²) in [6, 6.07) is 25.3. The number of morpholine rings is 1. The van der Waals surface area contributed by atoms with E-state index in [-0.39, 0.29) is 43.2 Å². The van der Waals surface area contributed by atoms with Gasteiger partial charge in [-0.3, -0.25) is 19.1 Å². The number of amides is 2. The fourth-order valence-corrected chi connectivity index (χ4v) is 5.62. The van der Waals surface area contributed by atoms with Crippen LogP contribution in [0.1, 0.15) is 54.5 Å². The first-order valence-corrected chi connectivity index (χ1v) is 15.9. The molecule has 0 atom stereocenters. The number of carboxylic acids is 1. The standard InChI is InChI=1S/C37H43N5O5/c1-37(2,3)33-24-32(40(4)39-33)36(46)42(16-15-35(44)45)25-27-11-8-12-28(21-27)29-13-14-31(41-17-19-47-20-18-41)30(23-29)38-34(43)22-26-9-6-5-7-10-26/h5-14,21,23-24H,15-20,22,25H2,1-4H3,(H,38,43)(H,44,45). The van der Waals surface area contributed by atoms with Crippen molar-refractivity contribution >= 4 is 29.2 Å². The van der Waals surface area contributed by atoms with Crippen molar-refractivity contribution in [2.75, 3.05) is 43.1 Å². The summed E-state index contributed by atoms with van der Waals surface area (Å²) in [5.74, 6) is -1.35. The number of rotatable bonds is 11. The summed E-state index contributed by atoms with van der Waals surface area (Å²) in [6.45, 7) is 9.07. The molecule has 10 heteroatoms. The summed E-state index contributed by atoms with van der Waals surface area (Å²) in [5, 5.41) is 17.1. The van der Waals surface area contributed by atoms with Crippen molar-refractivity contribution in [3.05, 3.63) is 101 Å². The van der Waals surface area contributed by atoms with E-state index in [9.17, 15) is 19.5 Å². The van der Waals surface area contributed by atoms with Gasteiger partial charge in [0.1, 0.15) is 5.69 Å². The number of hydrogen-bond donors (Lipinski definition) is 2. The number of carboxylic acid groups (broad SMARTS) is 1. The van der Waals surface area contributed by atoms with Crippen LogP contribution in [0.25, 0.3) is 11.1 Å². The molecule has 0 saturated carbocycles. The zero-order chi connectivity index (χ0) is 33.6. The Bertz CT molecular complexity index is 1720. The fourth-order valence-electron chi connectivity index (χ4n) is 5.62. The summed E-state index contributed by atoms with van der Waals surface area (Å²) < 4.78 is 7.13. The molecule has 246 valence electrons. The van der Waals surface area contributed by atoms with Crippen molar-refractivity contribution < 1.29 is 24.2 Å². The highest BCUT2D eigenvalue weighted by atomic mass is 16.5. The minimum Gasteiger partial charge on any atom is -0.481 e. The molecule has 1 saturated heterocycles. The van der Waals surface area contributed by atoms with E-state index in [0.717, 1.165) is 52.4 Å². The van der Waals surface area contributed by atoms with Crippen molar-refractivity contribution in [2.45, 2.75) is 45.6 Å². The Hall–Kier alpha value is -4.96. The van der Waals surface area contributed by atoms with Crippen LogP contribution < -0.4 is 10.2 Å². The molecule has 3 aromatic carbocycles. The molecule has 0 bridgehead atoms. The Balaban J connectivity index is 1.42. The number of aliphatic carboxylic acids is 1. The van der Waals surface area contributed by atoms with Crippen LogP contribution in [0.4, 0.5) is 11.4 Å². The van der Waals surface area contributed by atoms with Crippen molar-refractivity contribution in [1.29, 1.82) is 0 Å². The molecule has 1 aromatic heterocycles. The third-order valence-corrected chi connectivity index (χ3v) is 8.21. The highest BCUT2D eigenvalue weighted by Crippen LogP contribution is 2.33. The van der Waals surface area contributed by atoms with Gasteiger partial charge in [0.05, 0.1) is 43.1 Å². The first-order valence-electron chi connectivity index (χ1n) is 15.9. The van der Waals surface area contributed by atoms with E-state index in [1.165, 1.54) is 0 Å². The molecule has 0 unspecified atom stereocenters. The van der Waals surface area contributed by atoms with Crippen molar-refractivity contribution in [3.8, 4) is 11.1 Å². The molecule has 1 fully saturated rings. The van der Waals surface area contributed by atoms with Crippen LogP contribution in [0.3, 0.4) is 0 Å². The molecular weight excluding hydrogens is 594 g/mol. The topological polar surface area (TPSA) is 117 Å². The minimum atomic E-state index is -0.973. The van der Waals surface area contributed by atoms with Gasteiger partial charge in [0, 0.05) is 38.6 Å². The quantitative estimate of drug-likeness (QED) is 0.223. The molecule has 4 aromatic rings. The van der Waals surface area contributed by atoms with E-state index in [0.29, 0.717) is 18.9 Å². The van der Waals surface area contributed by atoms with E-state index in [2.05, 4.69) is 15.3 Å². The number of aryl methyl sites for hydroxylation is 1. The molecular formula is C37H43N5O5. The molecule has 0 radical (unpaired) electrons. The Morgan fingerprint density at radius 2 is 1.62 bits per heavy atom. The minimum absolute atomic E-state index is 0.0558. The number of benzene rings is 3. The highest BCUT2D eigenvalue weighted by Gasteiger charge is 2.25. The second-order valence-electron chi connectivity index (χ2n) is 12.9. The van der Waals surface area contributed by atoms with Crippen LogP contribution in [0.5, 0.6) is 0 Å². The largest absolute Gasteiger partial charge is 0.481 e. The van der Waals surface area contributed by atoms with Crippen molar-refractivity contribution in [1.82, 2.24) is 14.7 Å². The second-order valence-corrected chi connectivity index (χ2v) is 12.9. The van der Waals surface area contributed by atoms with Gasteiger partial charge in [-0.25, -0.2) is 0 Å². The lowest BCUT2D eigenvalue weighted by molar-refractivity contribution is -0.137. The van der Waals surface area contributed by atoms with Gasteiger partial charge >= 0.3 is 5.97 Å². The van der Waals surface area contributed by atoms with Crippen LogP contribution in [0.15, 0.2) is 78.9 Å². The van der Waals surface area contributed by atoms with Gasteiger partial charge in [-0.05, 0) is 46.5 Å². The van der Waals surface area contributed by atoms with Gasteiger partial charge < -0.3 is 25.0 Å². The van der Waals surface area contributed by atoms with E-state index in [4.69, 9.17) is 4.74 Å². The van der Waals surface area contributed by atoms with Crippen LogP contribution >= 0.6 is 0 Å². The van der Waals surface area contributed by atoms with Gasteiger partial charge in [0.2, 0.25) is 5.91 Å². The summed E-state index contributed by atoms with van der Waals surface area (Å²) in [4.78, 5) is 42.2. The van der Waals surface area contributed by atoms with Crippen LogP contribution in [-0.4, -0.2) is 70.4 Å². The van der Waals surface area contributed by atoms with Crippen LogP contribution in [0.2, 0.25) is 0 Å². The molecule has 1 aliphatic rings. The zero-order valence-electron chi connectivity index (χ0n) is 27.5. The number of aromatic nitrogens is 2. The Morgan fingerprint density at radius 3 is 2.30 bits per heavy atom. The first-order chi connectivity index (χ1) is 22.5. The summed E-state index contributed by atoms with van der Waals surface area (Å²) >= 11 is 0. The van der Waals surface area contributed by atoms with Crippen LogP contribution in [0, 0.1) is 0 Å². The van der Waals surface area contributed by atoms with Crippen molar-refractivity contribution in [3.63, 3.8) is 0 Å².